The maximum Gasteiger partial charge on any atom is 0.475 e. The molecule has 1 aromatic rings. The van der Waals surface area contributed by atoms with E-state index in [1.807, 2.05) is 31.2 Å². The van der Waals surface area contributed by atoms with Gasteiger partial charge in [-0.05, 0) is 25.3 Å². The molecule has 1 heterocycles. The van der Waals surface area contributed by atoms with Crippen molar-refractivity contribution in [2.45, 2.75) is 38.2 Å². The SMILES string of the molecule is Cc1ccc(CC(NC(=O)CC[C@@H]2NC(=O)NC2=O)B(O)O)cc1. The highest BCUT2D eigenvalue weighted by molar-refractivity contribution is 6.43. The molecule has 1 aromatic carbocycles. The van der Waals surface area contributed by atoms with Gasteiger partial charge in [0.25, 0.3) is 5.91 Å². The van der Waals surface area contributed by atoms with Crippen molar-refractivity contribution in [1.82, 2.24) is 16.0 Å². The molecule has 0 bridgehead atoms. The van der Waals surface area contributed by atoms with E-state index in [9.17, 15) is 24.4 Å². The van der Waals surface area contributed by atoms with Gasteiger partial charge in [-0.15, -0.1) is 0 Å². The molecule has 9 heteroatoms. The smallest absolute Gasteiger partial charge is 0.426 e. The van der Waals surface area contributed by atoms with E-state index < -0.39 is 36.9 Å². The van der Waals surface area contributed by atoms with E-state index in [0.29, 0.717) is 0 Å². The molecule has 1 aliphatic heterocycles. The Morgan fingerprint density at radius 2 is 1.96 bits per heavy atom. The van der Waals surface area contributed by atoms with Gasteiger partial charge in [0.2, 0.25) is 5.91 Å². The summed E-state index contributed by atoms with van der Waals surface area (Å²) in [5.74, 6) is -1.74. The second kappa shape index (κ2) is 7.94. The minimum absolute atomic E-state index is 0.0184. The lowest BCUT2D eigenvalue weighted by Crippen LogP contribution is -2.48. The summed E-state index contributed by atoms with van der Waals surface area (Å²) in [5, 5.41) is 25.9. The van der Waals surface area contributed by atoms with Crippen molar-refractivity contribution in [1.29, 1.82) is 0 Å². The van der Waals surface area contributed by atoms with E-state index in [4.69, 9.17) is 0 Å². The van der Waals surface area contributed by atoms with Crippen LogP contribution < -0.4 is 16.0 Å². The van der Waals surface area contributed by atoms with Crippen LogP contribution in [-0.2, 0) is 16.0 Å². The van der Waals surface area contributed by atoms with Crippen LogP contribution in [0, 0.1) is 6.92 Å². The number of urea groups is 1. The van der Waals surface area contributed by atoms with E-state index in [0.717, 1.165) is 11.1 Å². The van der Waals surface area contributed by atoms with Gasteiger partial charge in [0, 0.05) is 6.42 Å². The summed E-state index contributed by atoms with van der Waals surface area (Å²) in [4.78, 5) is 34.4. The van der Waals surface area contributed by atoms with Crippen LogP contribution in [-0.4, -0.2) is 47.0 Å². The molecule has 8 nitrogen and oxygen atoms in total. The number of aryl methyl sites for hydroxylation is 1. The molecule has 128 valence electrons. The Morgan fingerprint density at radius 3 is 2.50 bits per heavy atom. The quantitative estimate of drug-likeness (QED) is 0.324. The largest absolute Gasteiger partial charge is 0.475 e. The van der Waals surface area contributed by atoms with Gasteiger partial charge >= 0.3 is 13.1 Å². The Labute approximate surface area is 139 Å². The fraction of sp³-hybridized carbons (Fsp3) is 0.400. The third-order valence-corrected chi connectivity index (χ3v) is 3.80. The lowest BCUT2D eigenvalue weighted by Gasteiger charge is -2.18. The molecule has 5 N–H and O–H groups in total. The molecular formula is C15H20BN3O5. The Morgan fingerprint density at radius 1 is 1.29 bits per heavy atom. The van der Waals surface area contributed by atoms with Gasteiger partial charge in [0.05, 0.1) is 5.94 Å². The van der Waals surface area contributed by atoms with E-state index >= 15 is 0 Å². The van der Waals surface area contributed by atoms with Crippen molar-refractivity contribution >= 4 is 25.0 Å². The minimum atomic E-state index is -1.70. The van der Waals surface area contributed by atoms with E-state index in [-0.39, 0.29) is 19.3 Å². The van der Waals surface area contributed by atoms with E-state index in [1.165, 1.54) is 0 Å². The summed E-state index contributed by atoms with van der Waals surface area (Å²) in [6, 6.07) is 6.20. The normalized spacial score (nSPS) is 17.9. The predicted molar refractivity (Wildman–Crippen MR) is 86.7 cm³/mol. The molecule has 0 aromatic heterocycles. The molecule has 0 aliphatic carbocycles. The van der Waals surface area contributed by atoms with Crippen molar-refractivity contribution in [3.63, 3.8) is 0 Å². The van der Waals surface area contributed by atoms with Crippen LogP contribution in [0.25, 0.3) is 0 Å². The first kappa shape index (κ1) is 18.0. The van der Waals surface area contributed by atoms with Crippen LogP contribution in [0.5, 0.6) is 0 Å². The molecule has 0 radical (unpaired) electrons. The van der Waals surface area contributed by atoms with Gasteiger partial charge in [-0.25, -0.2) is 4.79 Å². The van der Waals surface area contributed by atoms with Crippen molar-refractivity contribution in [2.24, 2.45) is 0 Å². The minimum Gasteiger partial charge on any atom is -0.426 e. The topological polar surface area (TPSA) is 128 Å². The number of rotatable bonds is 7. The van der Waals surface area contributed by atoms with Crippen LogP contribution >= 0.6 is 0 Å². The summed E-state index contributed by atoms with van der Waals surface area (Å²) in [5.41, 5.74) is 1.95. The second-order valence-electron chi connectivity index (χ2n) is 5.83. The highest BCUT2D eigenvalue weighted by Crippen LogP contribution is 2.08. The number of carbonyl (C=O) groups excluding carboxylic acids is 3. The molecule has 1 aliphatic rings. The van der Waals surface area contributed by atoms with E-state index in [1.54, 1.807) is 0 Å². The van der Waals surface area contributed by atoms with Gasteiger partial charge in [0.15, 0.2) is 0 Å². The Kier molecular flexibility index (Phi) is 5.94. The Balaban J connectivity index is 1.85. The summed E-state index contributed by atoms with van der Waals surface area (Å²) < 4.78 is 0. The van der Waals surface area contributed by atoms with E-state index in [2.05, 4.69) is 16.0 Å². The molecule has 0 spiro atoms. The molecule has 1 unspecified atom stereocenters. The second-order valence-corrected chi connectivity index (χ2v) is 5.83. The summed E-state index contributed by atoms with van der Waals surface area (Å²) in [6.07, 6.45) is 0.391. The third-order valence-electron chi connectivity index (χ3n) is 3.80. The highest BCUT2D eigenvalue weighted by atomic mass is 16.4. The third kappa shape index (κ3) is 5.07. The first-order chi connectivity index (χ1) is 11.3. The zero-order valence-electron chi connectivity index (χ0n) is 13.3. The summed E-state index contributed by atoms with van der Waals surface area (Å²) in [7, 11) is -1.70. The first-order valence-electron chi connectivity index (χ1n) is 7.67. The molecule has 4 amide bonds. The number of imide groups is 1. The van der Waals surface area contributed by atoms with Gasteiger partial charge in [-0.3, -0.25) is 14.9 Å². The van der Waals surface area contributed by atoms with Crippen LogP contribution in [0.1, 0.15) is 24.0 Å². The summed E-state index contributed by atoms with van der Waals surface area (Å²) >= 11 is 0. The maximum absolute atomic E-state index is 12.0. The van der Waals surface area contributed by atoms with Crippen molar-refractivity contribution in [3.05, 3.63) is 35.4 Å². The fourth-order valence-electron chi connectivity index (χ4n) is 2.43. The van der Waals surface area contributed by atoms with Crippen LogP contribution in [0.3, 0.4) is 0 Å². The number of amides is 4. The lowest BCUT2D eigenvalue weighted by molar-refractivity contribution is -0.122. The molecule has 1 saturated heterocycles. The fourth-order valence-corrected chi connectivity index (χ4v) is 2.43. The molecular weight excluding hydrogens is 313 g/mol. The zero-order chi connectivity index (χ0) is 17.7. The van der Waals surface area contributed by atoms with Gasteiger partial charge < -0.3 is 20.7 Å². The lowest BCUT2D eigenvalue weighted by atomic mass is 9.75. The highest BCUT2D eigenvalue weighted by Gasteiger charge is 2.30. The number of carbonyl (C=O) groups is 3. The van der Waals surface area contributed by atoms with Gasteiger partial charge in [-0.1, -0.05) is 29.8 Å². The average Bonchev–Trinajstić information content (AvgIpc) is 2.84. The number of nitrogens with one attached hydrogen (secondary N) is 3. The predicted octanol–water partition coefficient (Wildman–Crippen LogP) is -0.977. The maximum atomic E-state index is 12.0. The first-order valence-corrected chi connectivity index (χ1v) is 7.67. The zero-order valence-corrected chi connectivity index (χ0v) is 13.3. The molecule has 0 saturated carbocycles. The van der Waals surface area contributed by atoms with Crippen molar-refractivity contribution in [3.8, 4) is 0 Å². The van der Waals surface area contributed by atoms with Gasteiger partial charge in [0.1, 0.15) is 6.04 Å². The Bertz CT molecular complexity index is 620. The molecule has 2 rings (SSSR count). The van der Waals surface area contributed by atoms with Crippen LogP contribution in [0.15, 0.2) is 24.3 Å². The van der Waals surface area contributed by atoms with Crippen molar-refractivity contribution in [2.75, 3.05) is 0 Å². The molecule has 2 atom stereocenters. The monoisotopic (exact) mass is 333 g/mol. The number of hydrogen-bond acceptors (Lipinski definition) is 5. The average molecular weight is 333 g/mol. The standard InChI is InChI=1S/C15H20BN3O5/c1-9-2-4-10(5-3-9)8-12(16(23)24)18-13(20)7-6-11-14(21)19-15(22)17-11/h2-5,11-12,23-24H,6-8H2,1H3,(H,18,20)(H2,17,19,21,22)/t11-,12?/m0/s1. The summed E-state index contributed by atoms with van der Waals surface area (Å²) in [6.45, 7) is 1.95. The van der Waals surface area contributed by atoms with Gasteiger partial charge in [-0.2, -0.15) is 0 Å². The molecule has 1 fully saturated rings. The molecule has 24 heavy (non-hydrogen) atoms. The Hall–Kier alpha value is -2.39. The van der Waals surface area contributed by atoms with Crippen LogP contribution in [0.2, 0.25) is 0 Å². The number of hydrogen-bond donors (Lipinski definition) is 5. The number of benzene rings is 1. The van der Waals surface area contributed by atoms with Crippen LogP contribution in [0.4, 0.5) is 4.79 Å². The van der Waals surface area contributed by atoms with Crippen molar-refractivity contribution < 1.29 is 24.4 Å².